The highest BCUT2D eigenvalue weighted by molar-refractivity contribution is 6.11. The fraction of sp³-hybridized carbons (Fsp3) is 0.263. The minimum Gasteiger partial charge on any atom is -0.375 e. The van der Waals surface area contributed by atoms with Crippen molar-refractivity contribution in [1.82, 2.24) is 9.97 Å². The van der Waals surface area contributed by atoms with Crippen LogP contribution >= 0.6 is 0 Å². The molecule has 2 amide bonds. The van der Waals surface area contributed by atoms with Gasteiger partial charge in [-0.3, -0.25) is 4.79 Å². The lowest BCUT2D eigenvalue weighted by Gasteiger charge is -2.08. The number of primary amides is 1. The molecular formula is C19H21N4O3+. The van der Waals surface area contributed by atoms with Crippen LogP contribution in [-0.2, 0) is 14.3 Å². The summed E-state index contributed by atoms with van der Waals surface area (Å²) in [4.78, 5) is 30.5. The molecular weight excluding hydrogens is 332 g/mol. The number of carbonyl (C=O) groups excluding carboxylic acids is 2. The summed E-state index contributed by atoms with van der Waals surface area (Å²) in [7, 11) is 0. The van der Waals surface area contributed by atoms with Gasteiger partial charge in [-0.2, -0.15) is 4.58 Å². The molecule has 2 aromatic heterocycles. The van der Waals surface area contributed by atoms with E-state index in [1.165, 1.54) is 6.08 Å². The molecule has 1 aliphatic heterocycles. The van der Waals surface area contributed by atoms with Crippen LogP contribution in [0.2, 0.25) is 0 Å². The Morgan fingerprint density at radius 3 is 3.12 bits per heavy atom. The lowest BCUT2D eigenvalue weighted by Crippen LogP contribution is -2.28. The maximum absolute atomic E-state index is 12.1. The summed E-state index contributed by atoms with van der Waals surface area (Å²) in [5.41, 5.74) is 8.55. The van der Waals surface area contributed by atoms with E-state index in [-0.39, 0.29) is 5.91 Å². The third-order valence-corrected chi connectivity index (χ3v) is 4.12. The second-order valence-electron chi connectivity index (χ2n) is 5.88. The van der Waals surface area contributed by atoms with Gasteiger partial charge in [0.1, 0.15) is 12.3 Å². The molecule has 0 radical (unpaired) electrons. The average molecular weight is 353 g/mol. The number of allylic oxidation sites excluding steroid dienone is 1. The molecule has 0 aliphatic carbocycles. The van der Waals surface area contributed by atoms with E-state index in [2.05, 4.69) is 9.97 Å². The summed E-state index contributed by atoms with van der Waals surface area (Å²) in [5.74, 6) is -0.454. The van der Waals surface area contributed by atoms with Crippen molar-refractivity contribution in [3.8, 4) is 0 Å². The Kier molecular flexibility index (Phi) is 5.38. The Balaban J connectivity index is 1.91. The van der Waals surface area contributed by atoms with Gasteiger partial charge >= 0.3 is 5.91 Å². The van der Waals surface area contributed by atoms with Crippen LogP contribution in [0, 0.1) is 0 Å². The minimum atomic E-state index is -0.504. The van der Waals surface area contributed by atoms with E-state index in [1.807, 2.05) is 25.3 Å². The zero-order valence-electron chi connectivity index (χ0n) is 14.6. The predicted molar refractivity (Wildman–Crippen MR) is 99.6 cm³/mol. The molecule has 0 saturated heterocycles. The molecule has 0 bridgehead atoms. The third-order valence-electron chi connectivity index (χ3n) is 4.12. The highest BCUT2D eigenvalue weighted by Crippen LogP contribution is 2.23. The van der Waals surface area contributed by atoms with Gasteiger partial charge in [-0.15, -0.1) is 0 Å². The molecule has 7 heteroatoms. The molecule has 2 aromatic rings. The lowest BCUT2D eigenvalue weighted by molar-refractivity contribution is -0.448. The number of nitrogens with zero attached hydrogens (tertiary/aromatic N) is 2. The van der Waals surface area contributed by atoms with E-state index in [9.17, 15) is 9.59 Å². The number of rotatable bonds is 7. The van der Waals surface area contributed by atoms with Crippen LogP contribution < -0.4 is 5.73 Å². The number of nitrogens with two attached hydrogens (primary N) is 1. The zero-order valence-corrected chi connectivity index (χ0v) is 14.6. The van der Waals surface area contributed by atoms with Gasteiger partial charge in [0.2, 0.25) is 5.91 Å². The van der Waals surface area contributed by atoms with Gasteiger partial charge in [-0.25, -0.2) is 9.78 Å². The molecule has 0 aromatic carbocycles. The summed E-state index contributed by atoms with van der Waals surface area (Å²) in [6.45, 7) is 3.58. The number of aromatic nitrogens is 2. The largest absolute Gasteiger partial charge is 0.390 e. The number of aromatic amines is 1. The van der Waals surface area contributed by atoms with Crippen molar-refractivity contribution in [3.63, 3.8) is 0 Å². The van der Waals surface area contributed by atoms with Gasteiger partial charge in [-0.1, -0.05) is 6.08 Å². The summed E-state index contributed by atoms with van der Waals surface area (Å²) in [6, 6.07) is 1.98. The first-order valence-corrected chi connectivity index (χ1v) is 8.45. The zero-order chi connectivity index (χ0) is 18.5. The molecule has 0 saturated carbocycles. The number of hydrogen-bond donors (Lipinski definition) is 2. The van der Waals surface area contributed by atoms with Gasteiger partial charge in [0.25, 0.3) is 0 Å². The quantitative estimate of drug-likeness (QED) is 0.447. The summed E-state index contributed by atoms with van der Waals surface area (Å²) in [6.07, 6.45) is 10.6. The molecule has 3 rings (SSSR count). The Bertz CT molecular complexity index is 937. The Hall–Kier alpha value is -3.06. The Morgan fingerprint density at radius 2 is 2.35 bits per heavy atom. The number of carbonyl (C=O) groups is 2. The topological polar surface area (TPSA) is 101 Å². The van der Waals surface area contributed by atoms with Crippen molar-refractivity contribution in [2.75, 3.05) is 19.8 Å². The smallest absolute Gasteiger partial charge is 0.375 e. The lowest BCUT2D eigenvalue weighted by atomic mass is 10.0. The van der Waals surface area contributed by atoms with Crippen molar-refractivity contribution >= 4 is 40.7 Å². The van der Waals surface area contributed by atoms with Crippen LogP contribution in [0.1, 0.15) is 24.5 Å². The molecule has 3 heterocycles. The van der Waals surface area contributed by atoms with Crippen LogP contribution in [0.15, 0.2) is 30.6 Å². The van der Waals surface area contributed by atoms with Crippen molar-refractivity contribution in [3.05, 3.63) is 41.7 Å². The molecule has 7 nitrogen and oxygen atoms in total. The van der Waals surface area contributed by atoms with Crippen LogP contribution in [-0.4, -0.2) is 52.3 Å². The maximum atomic E-state index is 12.1. The van der Waals surface area contributed by atoms with Gasteiger partial charge < -0.3 is 15.5 Å². The van der Waals surface area contributed by atoms with E-state index in [1.54, 1.807) is 23.0 Å². The fourth-order valence-corrected chi connectivity index (χ4v) is 2.79. The first kappa shape index (κ1) is 17.8. The van der Waals surface area contributed by atoms with Crippen LogP contribution in [0.5, 0.6) is 0 Å². The number of H-pyrrole nitrogens is 1. The standard InChI is InChI=1S/C19H20N4O3/c1-2-26-8-7-23-12-14(4-6-18(23)25)15-9-16-13(3-5-17(20)24)10-21-19(16)22-11-15/h3-5,9-12H,2,6-8H2,1H3,(H2-,20,21,22,24)/p+1. The van der Waals surface area contributed by atoms with E-state index < -0.39 is 5.91 Å². The van der Waals surface area contributed by atoms with Crippen molar-refractivity contribution in [2.45, 2.75) is 13.3 Å². The first-order chi connectivity index (χ1) is 12.6. The van der Waals surface area contributed by atoms with E-state index in [0.717, 1.165) is 27.7 Å². The number of hydrogen-bond acceptors (Lipinski definition) is 4. The Labute approximate surface area is 150 Å². The number of fused-ring (bicyclic) bond motifs is 1. The highest BCUT2D eigenvalue weighted by Gasteiger charge is 2.22. The summed E-state index contributed by atoms with van der Waals surface area (Å²) >= 11 is 0. The monoisotopic (exact) mass is 353 g/mol. The second-order valence-corrected chi connectivity index (χ2v) is 5.88. The maximum Gasteiger partial charge on any atom is 0.390 e. The highest BCUT2D eigenvalue weighted by atomic mass is 16.5. The molecule has 26 heavy (non-hydrogen) atoms. The van der Waals surface area contributed by atoms with Crippen LogP contribution in [0.25, 0.3) is 22.7 Å². The molecule has 0 atom stereocenters. The number of amides is 2. The number of pyridine rings is 1. The van der Waals surface area contributed by atoms with Crippen molar-refractivity contribution in [2.24, 2.45) is 5.73 Å². The van der Waals surface area contributed by atoms with E-state index in [4.69, 9.17) is 10.5 Å². The minimum absolute atomic E-state index is 0.0502. The third kappa shape index (κ3) is 3.94. The normalized spacial score (nSPS) is 14.7. The summed E-state index contributed by atoms with van der Waals surface area (Å²) < 4.78 is 7.02. The average Bonchev–Trinajstić information content (AvgIpc) is 3.04. The van der Waals surface area contributed by atoms with E-state index in [0.29, 0.717) is 26.2 Å². The fourth-order valence-electron chi connectivity index (χ4n) is 2.79. The Morgan fingerprint density at radius 1 is 1.50 bits per heavy atom. The second kappa shape index (κ2) is 7.88. The SMILES string of the molecule is CCOCC[N+]1=CC(c2cnc3[nH]cc(/C=C/C(N)=O)c3c2)=CCC1=O. The van der Waals surface area contributed by atoms with E-state index >= 15 is 0 Å². The van der Waals surface area contributed by atoms with Gasteiger partial charge in [0.05, 0.1) is 6.42 Å². The summed E-state index contributed by atoms with van der Waals surface area (Å²) in [5, 5.41) is 0.882. The van der Waals surface area contributed by atoms with Crippen molar-refractivity contribution < 1.29 is 18.9 Å². The molecule has 0 spiro atoms. The number of nitrogens with one attached hydrogen (secondary N) is 1. The molecule has 1 aliphatic rings. The molecule has 0 unspecified atom stereocenters. The van der Waals surface area contributed by atoms with Gasteiger partial charge in [0.15, 0.2) is 12.8 Å². The van der Waals surface area contributed by atoms with Gasteiger partial charge in [-0.05, 0) is 19.1 Å². The van der Waals surface area contributed by atoms with Crippen LogP contribution in [0.4, 0.5) is 0 Å². The first-order valence-electron chi connectivity index (χ1n) is 8.45. The molecule has 3 N–H and O–H groups in total. The van der Waals surface area contributed by atoms with Crippen molar-refractivity contribution in [1.29, 1.82) is 0 Å². The van der Waals surface area contributed by atoms with Crippen LogP contribution in [0.3, 0.4) is 0 Å². The molecule has 0 fully saturated rings. The number of ether oxygens (including phenoxy) is 1. The predicted octanol–water partition coefficient (Wildman–Crippen LogP) is 1.49. The van der Waals surface area contributed by atoms with Gasteiger partial charge in [0, 0.05) is 47.2 Å². The molecule has 134 valence electrons.